The van der Waals surface area contributed by atoms with E-state index in [1.165, 1.54) is 89.8 Å². The van der Waals surface area contributed by atoms with Crippen molar-refractivity contribution in [3.63, 3.8) is 0 Å². The van der Waals surface area contributed by atoms with Gasteiger partial charge in [-0.05, 0) is 91.1 Å². The van der Waals surface area contributed by atoms with Crippen LogP contribution in [0.25, 0.3) is 116 Å². The van der Waals surface area contributed by atoms with Crippen molar-refractivity contribution in [1.82, 2.24) is 4.98 Å². The summed E-state index contributed by atoms with van der Waals surface area (Å²) in [5, 5.41) is 29.2. The molecule has 0 aliphatic carbocycles. The van der Waals surface area contributed by atoms with Crippen molar-refractivity contribution in [2.24, 2.45) is 0 Å². The van der Waals surface area contributed by atoms with Crippen molar-refractivity contribution in [3.05, 3.63) is 186 Å². The number of hydrogen-bond acceptors (Lipinski definition) is 4. The molecule has 3 aromatic heterocycles. The smallest absolute Gasteiger partial charge is 0.277 e. The van der Waals surface area contributed by atoms with Crippen molar-refractivity contribution in [2.75, 3.05) is 0 Å². The van der Waals surface area contributed by atoms with Gasteiger partial charge in [0.25, 0.3) is 5.69 Å². The second-order valence-corrected chi connectivity index (χ2v) is 17.1. The van der Waals surface area contributed by atoms with E-state index < -0.39 is 0 Å². The van der Waals surface area contributed by atoms with Crippen LogP contribution < -0.4 is 0 Å². The maximum Gasteiger partial charge on any atom is 0.277 e. The third-order valence-electron chi connectivity index (χ3n) is 11.7. The van der Waals surface area contributed by atoms with Gasteiger partial charge in [-0.15, -0.1) is 22.7 Å². The van der Waals surface area contributed by atoms with Gasteiger partial charge in [0.15, 0.2) is 0 Å². The topological polar surface area (TPSA) is 58.9 Å². The number of nitrogens with zero attached hydrogens (tertiary/aromatic N) is 1. The fraction of sp³-hybridized carbons (Fsp3) is 0. The Balaban J connectivity index is 0.000000126. The largest absolute Gasteiger partial charge is 0.354 e. The minimum atomic E-state index is -0.287. The maximum atomic E-state index is 11.8. The Morgan fingerprint density at radius 3 is 1.55 bits per heavy atom. The lowest BCUT2D eigenvalue weighted by Gasteiger charge is -2.08. The zero-order valence-electron chi connectivity index (χ0n) is 30.8. The summed E-state index contributed by atoms with van der Waals surface area (Å²) in [7, 11) is 0. The van der Waals surface area contributed by atoms with Gasteiger partial charge in [-0.3, -0.25) is 10.1 Å². The van der Waals surface area contributed by atoms with E-state index in [0.717, 1.165) is 21.0 Å². The molecule has 0 saturated carbocycles. The van der Waals surface area contributed by atoms with Gasteiger partial charge in [0, 0.05) is 68.2 Å². The van der Waals surface area contributed by atoms with E-state index in [0.29, 0.717) is 5.56 Å². The molecule has 0 amide bonds. The summed E-state index contributed by atoms with van der Waals surface area (Å²) in [4.78, 5) is 15.2. The number of rotatable bonds is 2. The van der Waals surface area contributed by atoms with E-state index in [9.17, 15) is 10.1 Å². The number of nitrogens with one attached hydrogen (secondary N) is 1. The molecule has 0 atom stereocenters. The fourth-order valence-electron chi connectivity index (χ4n) is 9.13. The zero-order chi connectivity index (χ0) is 38.5. The number of H-pyrrole nitrogens is 1. The lowest BCUT2D eigenvalue weighted by molar-refractivity contribution is -0.384. The van der Waals surface area contributed by atoms with Crippen LogP contribution in [0.1, 0.15) is 0 Å². The van der Waals surface area contributed by atoms with E-state index in [2.05, 4.69) is 138 Å². The van der Waals surface area contributed by atoms with Crippen LogP contribution in [0.5, 0.6) is 0 Å². The van der Waals surface area contributed by atoms with Gasteiger partial charge in [-0.25, -0.2) is 0 Å². The number of fused-ring (bicyclic) bond motifs is 16. The first-order valence-electron chi connectivity index (χ1n) is 19.3. The van der Waals surface area contributed by atoms with Crippen LogP contribution >= 0.6 is 22.7 Å². The van der Waals surface area contributed by atoms with E-state index in [-0.39, 0.29) is 10.6 Å². The first-order chi connectivity index (χ1) is 28.6. The molecule has 272 valence electrons. The highest BCUT2D eigenvalue weighted by Crippen LogP contribution is 2.44. The second kappa shape index (κ2) is 12.7. The molecule has 0 aliphatic heterocycles. The average Bonchev–Trinajstić information content (AvgIpc) is 3.96. The minimum Gasteiger partial charge on any atom is -0.354 e. The Bertz CT molecular complexity index is 3720. The molecule has 0 saturated heterocycles. The summed E-state index contributed by atoms with van der Waals surface area (Å²) < 4.78 is 5.08. The summed E-state index contributed by atoms with van der Waals surface area (Å²) in [5.74, 6) is 0. The Morgan fingerprint density at radius 1 is 0.397 bits per heavy atom. The molecular formula is C52H30N2O2S2. The summed E-state index contributed by atoms with van der Waals surface area (Å²) in [6, 6.07) is 61.3. The normalized spacial score (nSPS) is 11.9. The summed E-state index contributed by atoms with van der Waals surface area (Å²) in [5.41, 5.74) is 4.12. The van der Waals surface area contributed by atoms with Gasteiger partial charge in [-0.2, -0.15) is 0 Å². The molecule has 4 nitrogen and oxygen atoms in total. The highest BCUT2D eigenvalue weighted by atomic mass is 32.1. The van der Waals surface area contributed by atoms with Gasteiger partial charge in [0.2, 0.25) is 0 Å². The zero-order valence-corrected chi connectivity index (χ0v) is 32.5. The molecule has 0 unspecified atom stereocenters. The number of benzene rings is 10. The first kappa shape index (κ1) is 33.1. The van der Waals surface area contributed by atoms with Gasteiger partial charge < -0.3 is 4.98 Å². The van der Waals surface area contributed by atoms with Crippen LogP contribution in [0.15, 0.2) is 176 Å². The SMILES string of the molecule is O=[N+]([O-])c1ccc2ccccc2c1-c1ccc2c(c1)sc1ccc3ccccc3c12.c1ccc2c(c1)ccc1[nH]c3cc4c(cc3c12)sc1ccc2ccccc2c14. The molecule has 0 spiro atoms. The van der Waals surface area contributed by atoms with Crippen LogP contribution in [0.3, 0.4) is 0 Å². The second-order valence-electron chi connectivity index (χ2n) is 14.9. The van der Waals surface area contributed by atoms with Crippen molar-refractivity contribution in [1.29, 1.82) is 0 Å². The number of thiophene rings is 2. The Morgan fingerprint density at radius 2 is 0.914 bits per heavy atom. The molecule has 0 bridgehead atoms. The third-order valence-corrected chi connectivity index (χ3v) is 14.0. The summed E-state index contributed by atoms with van der Waals surface area (Å²) in [6.07, 6.45) is 0. The summed E-state index contributed by atoms with van der Waals surface area (Å²) in [6.45, 7) is 0. The fourth-order valence-corrected chi connectivity index (χ4v) is 11.4. The molecule has 3 heterocycles. The molecule has 0 radical (unpaired) electrons. The van der Waals surface area contributed by atoms with Gasteiger partial charge in [-0.1, -0.05) is 127 Å². The molecule has 58 heavy (non-hydrogen) atoms. The van der Waals surface area contributed by atoms with Crippen LogP contribution in [-0.2, 0) is 0 Å². The van der Waals surface area contributed by atoms with Crippen LogP contribution in [0.2, 0.25) is 0 Å². The summed E-state index contributed by atoms with van der Waals surface area (Å²) >= 11 is 3.63. The van der Waals surface area contributed by atoms with E-state index in [1.807, 2.05) is 47.7 Å². The standard InChI is InChI=1S/C26H15NO2S.C26H15NS/c28-27(29)22-13-10-16-5-1-3-7-19(16)25(22)18-9-12-21-24(15-18)30-23-14-11-17-6-2-4-8-20(17)26(21)23;1-3-7-17-15(5-1)9-11-21-25(17)19-14-24-20(13-22(19)27-21)26-18-8-4-2-6-16(18)10-12-23(26)28-24/h1-15H;1-14,27H. The lowest BCUT2D eigenvalue weighted by atomic mass is 9.95. The van der Waals surface area contributed by atoms with Crippen LogP contribution in [0, 0.1) is 10.1 Å². The third kappa shape index (κ3) is 4.99. The molecule has 10 aromatic carbocycles. The molecule has 1 N–H and O–H groups in total. The minimum absolute atomic E-state index is 0.139. The monoisotopic (exact) mass is 778 g/mol. The first-order valence-corrected chi connectivity index (χ1v) is 20.9. The Kier molecular flexibility index (Phi) is 7.24. The van der Waals surface area contributed by atoms with E-state index >= 15 is 0 Å². The van der Waals surface area contributed by atoms with Crippen molar-refractivity contribution in [3.8, 4) is 11.1 Å². The number of aromatic nitrogens is 1. The molecular weight excluding hydrogens is 749 g/mol. The van der Waals surface area contributed by atoms with E-state index in [1.54, 1.807) is 17.4 Å². The highest BCUT2D eigenvalue weighted by molar-refractivity contribution is 7.26. The van der Waals surface area contributed by atoms with Gasteiger partial charge in [0.1, 0.15) is 0 Å². The van der Waals surface area contributed by atoms with Crippen molar-refractivity contribution >= 4 is 134 Å². The van der Waals surface area contributed by atoms with E-state index in [4.69, 9.17) is 0 Å². The van der Waals surface area contributed by atoms with Gasteiger partial charge >= 0.3 is 0 Å². The molecule has 0 aliphatic rings. The quantitative estimate of drug-likeness (QED) is 0.140. The van der Waals surface area contributed by atoms with Gasteiger partial charge in [0.05, 0.1) is 10.5 Å². The predicted octanol–water partition coefficient (Wildman–Crippen LogP) is 15.9. The molecule has 6 heteroatoms. The van der Waals surface area contributed by atoms with Crippen molar-refractivity contribution in [2.45, 2.75) is 0 Å². The van der Waals surface area contributed by atoms with Crippen molar-refractivity contribution < 1.29 is 4.92 Å². The lowest BCUT2D eigenvalue weighted by Crippen LogP contribution is -1.93. The number of nitro benzene ring substituents is 1. The Hall–Kier alpha value is -7.12. The van der Waals surface area contributed by atoms with Crippen LogP contribution in [-0.4, -0.2) is 9.91 Å². The number of nitro groups is 1. The number of hydrogen-bond donors (Lipinski definition) is 1. The average molecular weight is 779 g/mol. The highest BCUT2D eigenvalue weighted by Gasteiger charge is 2.20. The molecule has 13 aromatic rings. The number of aromatic amines is 1. The van der Waals surface area contributed by atoms with Crippen LogP contribution in [0.4, 0.5) is 5.69 Å². The molecule has 13 rings (SSSR count). The predicted molar refractivity (Wildman–Crippen MR) is 250 cm³/mol. The molecule has 0 fully saturated rings. The maximum absolute atomic E-state index is 11.8. The Labute approximate surface area is 339 Å².